The molecule has 5 nitrogen and oxygen atoms in total. The summed E-state index contributed by atoms with van der Waals surface area (Å²) < 4.78 is 14.5. The second-order valence-corrected chi connectivity index (χ2v) is 17.1. The van der Waals surface area contributed by atoms with Gasteiger partial charge in [0.1, 0.15) is 0 Å². The standard InChI is InChI=1S/C47H42N4O.Pt/c1-30-16-18-32(19-17-30)49-29-50(40-15-10-9-14-39(40)49)33-12-11-13-34(27-33)52-35-20-21-36-37-22-23-38-43(46(5,6)47(7,8)45(38,3)4)44(37)51(41(36)28-35)42-26-31(2)24-25-48-42;/h9-26H,1-8H3;/q-2;. The van der Waals surface area contributed by atoms with E-state index in [4.69, 9.17) is 9.72 Å². The Hall–Kier alpha value is -4.99. The van der Waals surface area contributed by atoms with E-state index in [1.807, 2.05) is 24.4 Å². The molecular formula is C47H42N4OPt-2. The average Bonchev–Trinajstić information content (AvgIpc) is 3.65. The number of pyridine rings is 1. The third-order valence-electron chi connectivity index (χ3n) is 12.6. The first-order chi connectivity index (χ1) is 25.3. The molecule has 0 radical (unpaired) electrons. The van der Waals surface area contributed by atoms with Gasteiger partial charge in [0.15, 0.2) is 0 Å². The molecule has 0 saturated carbocycles. The van der Waals surface area contributed by atoms with Gasteiger partial charge in [-0.05, 0) is 40.4 Å². The molecule has 3 heterocycles. The number of aryl methyl sites for hydroxylation is 2. The molecule has 0 saturated heterocycles. The van der Waals surface area contributed by atoms with Crippen LogP contribution in [0.4, 0.5) is 0 Å². The van der Waals surface area contributed by atoms with Gasteiger partial charge in [-0.3, -0.25) is 0 Å². The Morgan fingerprint density at radius 2 is 1.34 bits per heavy atom. The third-order valence-corrected chi connectivity index (χ3v) is 13.6. The van der Waals surface area contributed by atoms with Crippen LogP contribution in [0.25, 0.3) is 50.0 Å². The Balaban J connectivity index is 1.20. The van der Waals surface area contributed by atoms with Crippen molar-refractivity contribution in [2.75, 3.05) is 0 Å². The van der Waals surface area contributed by atoms with Crippen LogP contribution in [-0.4, -0.2) is 18.7 Å². The number of benzene rings is 5. The van der Waals surface area contributed by atoms with Crippen molar-refractivity contribution in [2.45, 2.75) is 66.2 Å². The first-order valence-electron chi connectivity index (χ1n) is 18.2. The topological polar surface area (TPSA) is 36.9 Å². The van der Waals surface area contributed by atoms with Crippen molar-refractivity contribution in [1.29, 1.82) is 0 Å². The fourth-order valence-corrected chi connectivity index (χ4v) is 9.66. The van der Waals surface area contributed by atoms with Crippen LogP contribution >= 0.6 is 0 Å². The van der Waals surface area contributed by atoms with Gasteiger partial charge in [0.05, 0.1) is 0 Å². The van der Waals surface area contributed by atoms with E-state index >= 15 is 0 Å². The van der Waals surface area contributed by atoms with E-state index < -0.39 is 0 Å². The maximum absolute atomic E-state index is 6.65. The van der Waals surface area contributed by atoms with Gasteiger partial charge >= 0.3 is 229 Å². The molecule has 8 aromatic rings. The van der Waals surface area contributed by atoms with Crippen LogP contribution in [0.1, 0.15) is 63.8 Å². The second-order valence-electron chi connectivity index (χ2n) is 16.1. The summed E-state index contributed by atoms with van der Waals surface area (Å²) >= 11 is 2.42. The predicted octanol–water partition coefficient (Wildman–Crippen LogP) is 11.6. The summed E-state index contributed by atoms with van der Waals surface area (Å²) in [5.41, 5.74) is 11.5. The summed E-state index contributed by atoms with van der Waals surface area (Å²) in [6.45, 7) is 18.7. The third kappa shape index (κ3) is 4.86. The summed E-state index contributed by atoms with van der Waals surface area (Å²) in [5.74, 6) is 2.13. The van der Waals surface area contributed by atoms with Gasteiger partial charge in [0.2, 0.25) is 0 Å². The monoisotopic (exact) mass is 873 g/mol. The van der Waals surface area contributed by atoms with E-state index in [2.05, 4.69) is 186 Å². The molecule has 0 amide bonds. The fourth-order valence-electron chi connectivity index (χ4n) is 8.55. The second kappa shape index (κ2) is 11.8. The molecule has 1 aliphatic rings. The zero-order chi connectivity index (χ0) is 37.0. The van der Waals surface area contributed by atoms with Gasteiger partial charge < -0.3 is 0 Å². The Labute approximate surface area is 321 Å². The zero-order valence-corrected chi connectivity index (χ0v) is 33.7. The minimum absolute atomic E-state index is 0.0130. The van der Waals surface area contributed by atoms with Crippen LogP contribution < -0.4 is 4.74 Å². The van der Waals surface area contributed by atoms with E-state index in [0.29, 0.717) is 11.5 Å². The molecule has 1 aliphatic carbocycles. The van der Waals surface area contributed by atoms with Gasteiger partial charge in [0, 0.05) is 6.20 Å². The number of hydrogen-bond acceptors (Lipinski definition) is 2. The normalized spacial score (nSPS) is 15.7. The van der Waals surface area contributed by atoms with Crippen molar-refractivity contribution in [1.82, 2.24) is 18.7 Å². The number of rotatable bonds is 5. The quantitative estimate of drug-likeness (QED) is 0.162. The van der Waals surface area contributed by atoms with E-state index in [1.54, 1.807) is 0 Å². The molecule has 9 rings (SSSR count). The van der Waals surface area contributed by atoms with Crippen molar-refractivity contribution in [3.63, 3.8) is 0 Å². The van der Waals surface area contributed by atoms with Gasteiger partial charge in [0.25, 0.3) is 0 Å². The first-order valence-corrected chi connectivity index (χ1v) is 19.4. The van der Waals surface area contributed by atoms with E-state index in [1.165, 1.54) is 27.6 Å². The summed E-state index contributed by atoms with van der Waals surface area (Å²) in [6.07, 6.45) is 1.90. The van der Waals surface area contributed by atoms with Gasteiger partial charge in [-0.2, -0.15) is 0 Å². The number of hydrogen-bond donors (Lipinski definition) is 0. The van der Waals surface area contributed by atoms with Crippen LogP contribution in [0.5, 0.6) is 11.5 Å². The van der Waals surface area contributed by atoms with Crippen LogP contribution in [-0.2, 0) is 30.2 Å². The molecule has 0 aliphatic heterocycles. The molecule has 268 valence electrons. The number of fused-ring (bicyclic) bond motifs is 6. The van der Waals surface area contributed by atoms with Crippen molar-refractivity contribution >= 4 is 32.8 Å². The van der Waals surface area contributed by atoms with E-state index in [0.717, 1.165) is 48.5 Å². The van der Waals surface area contributed by atoms with Crippen LogP contribution in [0.15, 0.2) is 109 Å². The molecule has 3 aromatic heterocycles. The Morgan fingerprint density at radius 1 is 0.642 bits per heavy atom. The minimum atomic E-state index is -0.103. The molecule has 5 aromatic carbocycles. The summed E-state index contributed by atoms with van der Waals surface area (Å²) in [5, 5.41) is 2.33. The van der Waals surface area contributed by atoms with Crippen LogP contribution in [0.3, 0.4) is 0 Å². The number of nitrogens with zero attached hydrogens (tertiary/aromatic N) is 4. The molecule has 0 unspecified atom stereocenters. The molecule has 6 heteroatoms. The average molecular weight is 874 g/mol. The first kappa shape index (κ1) is 33.8. The van der Waals surface area contributed by atoms with Crippen LogP contribution in [0, 0.1) is 35.2 Å². The fraction of sp³-hybridized carbons (Fsp3) is 0.234. The Kier molecular flexibility index (Phi) is 7.50. The van der Waals surface area contributed by atoms with E-state index in [-0.39, 0.29) is 16.2 Å². The molecule has 0 fully saturated rings. The predicted molar refractivity (Wildman–Crippen MR) is 211 cm³/mol. The number of aromatic nitrogens is 4. The maximum atomic E-state index is 6.65. The summed E-state index contributed by atoms with van der Waals surface area (Å²) in [4.78, 5) is 4.94. The summed E-state index contributed by atoms with van der Waals surface area (Å²) in [6, 6.07) is 43.6. The van der Waals surface area contributed by atoms with E-state index in [9.17, 15) is 0 Å². The number of imidazole rings is 1. The molecule has 0 atom stereocenters. The van der Waals surface area contributed by atoms with Crippen molar-refractivity contribution < 1.29 is 24.1 Å². The van der Waals surface area contributed by atoms with Gasteiger partial charge in [-0.1, -0.05) is 47.6 Å². The molecular weight excluding hydrogens is 832 g/mol. The van der Waals surface area contributed by atoms with Crippen LogP contribution in [0.2, 0.25) is 0 Å². The molecule has 0 N–H and O–H groups in total. The Morgan fingerprint density at radius 3 is 2.08 bits per heavy atom. The van der Waals surface area contributed by atoms with Crippen molar-refractivity contribution in [2.24, 2.45) is 5.41 Å². The Bertz CT molecular complexity index is 2830. The summed E-state index contributed by atoms with van der Waals surface area (Å²) in [7, 11) is 0. The van der Waals surface area contributed by atoms with Gasteiger partial charge in [-0.15, -0.1) is 0 Å². The molecule has 0 spiro atoms. The van der Waals surface area contributed by atoms with Crippen molar-refractivity contribution in [3.8, 4) is 28.7 Å². The molecule has 0 bridgehead atoms. The van der Waals surface area contributed by atoms with Gasteiger partial charge in [-0.25, -0.2) is 0 Å². The van der Waals surface area contributed by atoms with Crippen molar-refractivity contribution in [3.05, 3.63) is 148 Å². The zero-order valence-electron chi connectivity index (χ0n) is 31.4. The number of ether oxygens (including phenoxy) is 1. The number of para-hydroxylation sites is 2. The molecule has 53 heavy (non-hydrogen) atoms. The SMILES string of the molecule is Cc1ccc(-n2[c](=[Pt])n(-c3[c-]c(Oc4[c-]c5c(cc4)c4ccc6c(c4n5-c4cc(C)ccn4)C(C)(C)C(C)(C)C6(C)C)ccc3)c3ccccc32)cc1.